The zero-order valence-corrected chi connectivity index (χ0v) is 11.7. The molecule has 2 unspecified atom stereocenters. The minimum absolute atomic E-state index is 0.492. The zero-order valence-electron chi connectivity index (χ0n) is 11.7. The molecule has 104 valence electrons. The van der Waals surface area contributed by atoms with Crippen molar-refractivity contribution < 1.29 is 0 Å². The van der Waals surface area contributed by atoms with E-state index in [2.05, 4.69) is 57.9 Å². The third-order valence-corrected chi connectivity index (χ3v) is 3.57. The molecule has 2 aromatic rings. The van der Waals surface area contributed by atoms with Crippen molar-refractivity contribution in [2.24, 2.45) is 0 Å². The van der Waals surface area contributed by atoms with Gasteiger partial charge >= 0.3 is 0 Å². The smallest absolute Gasteiger partial charge is 0.131 e. The largest absolute Gasteiger partial charge is 0.370 e. The number of anilines is 2. The fourth-order valence-corrected chi connectivity index (χ4v) is 2.40. The van der Waals surface area contributed by atoms with Crippen molar-refractivity contribution in [1.82, 2.24) is 9.97 Å². The monoisotopic (exact) mass is 268 g/mol. The number of rotatable bonds is 6. The molecule has 1 aromatic heterocycles. The highest BCUT2D eigenvalue weighted by atomic mass is 15.1. The molecule has 0 saturated heterocycles. The van der Waals surface area contributed by atoms with E-state index in [-0.39, 0.29) is 0 Å². The fourth-order valence-electron chi connectivity index (χ4n) is 2.40. The van der Waals surface area contributed by atoms with E-state index in [1.807, 2.05) is 6.07 Å². The molecule has 1 saturated carbocycles. The molecule has 2 N–H and O–H groups in total. The Morgan fingerprint density at radius 2 is 1.95 bits per heavy atom. The van der Waals surface area contributed by atoms with Crippen molar-refractivity contribution >= 4 is 11.6 Å². The number of hydrogen-bond donors (Lipinski definition) is 2. The maximum absolute atomic E-state index is 4.29. The first-order valence-corrected chi connectivity index (χ1v) is 7.24. The minimum atomic E-state index is 0.492. The molecule has 1 heterocycles. The number of hydrogen-bond acceptors (Lipinski definition) is 4. The summed E-state index contributed by atoms with van der Waals surface area (Å²) in [7, 11) is 0. The standard InChI is InChI=1S/C16H20N4/c1-2-8-17-15-10-16(19-11-18-15)20-14-9-13(14)12-6-4-3-5-7-12/h3-7,10-11,13-14H,2,8-9H2,1H3,(H2,17,18,19,20). The molecule has 1 aromatic carbocycles. The highest BCUT2D eigenvalue weighted by molar-refractivity contribution is 5.49. The van der Waals surface area contributed by atoms with E-state index in [0.29, 0.717) is 12.0 Å². The molecule has 1 aliphatic carbocycles. The lowest BCUT2D eigenvalue weighted by molar-refractivity contribution is 0.961. The van der Waals surface area contributed by atoms with Crippen LogP contribution in [0.15, 0.2) is 42.7 Å². The van der Waals surface area contributed by atoms with Gasteiger partial charge in [0.05, 0.1) is 0 Å². The summed E-state index contributed by atoms with van der Waals surface area (Å²) < 4.78 is 0. The van der Waals surface area contributed by atoms with Gasteiger partial charge in [-0.25, -0.2) is 9.97 Å². The Bertz CT molecular complexity index is 555. The molecule has 0 amide bonds. The predicted molar refractivity (Wildman–Crippen MR) is 82.0 cm³/mol. The highest BCUT2D eigenvalue weighted by Crippen LogP contribution is 2.42. The first-order valence-electron chi connectivity index (χ1n) is 7.24. The number of nitrogens with zero attached hydrogens (tertiary/aromatic N) is 2. The van der Waals surface area contributed by atoms with Crippen molar-refractivity contribution in [1.29, 1.82) is 0 Å². The van der Waals surface area contributed by atoms with E-state index in [4.69, 9.17) is 0 Å². The van der Waals surface area contributed by atoms with Crippen LogP contribution in [0.1, 0.15) is 31.2 Å². The molecular weight excluding hydrogens is 248 g/mol. The van der Waals surface area contributed by atoms with Crippen LogP contribution in [0.4, 0.5) is 11.6 Å². The van der Waals surface area contributed by atoms with E-state index in [0.717, 1.165) is 24.6 Å². The topological polar surface area (TPSA) is 49.8 Å². The van der Waals surface area contributed by atoms with Crippen molar-refractivity contribution in [3.05, 3.63) is 48.3 Å². The lowest BCUT2D eigenvalue weighted by Crippen LogP contribution is -2.08. The highest BCUT2D eigenvalue weighted by Gasteiger charge is 2.38. The molecular formula is C16H20N4. The zero-order chi connectivity index (χ0) is 13.8. The van der Waals surface area contributed by atoms with Gasteiger partial charge in [-0.2, -0.15) is 0 Å². The quantitative estimate of drug-likeness (QED) is 0.844. The van der Waals surface area contributed by atoms with Gasteiger partial charge in [-0.3, -0.25) is 0 Å². The van der Waals surface area contributed by atoms with E-state index in [9.17, 15) is 0 Å². The van der Waals surface area contributed by atoms with E-state index < -0.39 is 0 Å². The molecule has 0 bridgehead atoms. The SMILES string of the molecule is CCCNc1cc(NC2CC2c2ccccc2)ncn1. The summed E-state index contributed by atoms with van der Waals surface area (Å²) in [6.45, 7) is 3.08. The molecule has 3 rings (SSSR count). The Balaban J connectivity index is 1.59. The van der Waals surface area contributed by atoms with Crippen molar-refractivity contribution in [2.45, 2.75) is 31.7 Å². The Hall–Kier alpha value is -2.10. The van der Waals surface area contributed by atoms with Crippen LogP contribution >= 0.6 is 0 Å². The molecule has 0 spiro atoms. The minimum Gasteiger partial charge on any atom is -0.370 e. The lowest BCUT2D eigenvalue weighted by atomic mass is 10.1. The number of nitrogens with one attached hydrogen (secondary N) is 2. The Kier molecular flexibility index (Phi) is 3.81. The predicted octanol–water partition coefficient (Wildman–Crippen LogP) is 3.27. The molecule has 1 aliphatic rings. The second-order valence-corrected chi connectivity index (χ2v) is 5.22. The van der Waals surface area contributed by atoms with Crippen LogP contribution in [0, 0.1) is 0 Å². The van der Waals surface area contributed by atoms with Crippen LogP contribution in [0.5, 0.6) is 0 Å². The average molecular weight is 268 g/mol. The van der Waals surface area contributed by atoms with Gasteiger partial charge in [0, 0.05) is 24.6 Å². The van der Waals surface area contributed by atoms with Crippen molar-refractivity contribution in [3.8, 4) is 0 Å². The summed E-state index contributed by atoms with van der Waals surface area (Å²) in [6.07, 6.45) is 3.87. The van der Waals surface area contributed by atoms with Crippen LogP contribution in [0.3, 0.4) is 0 Å². The van der Waals surface area contributed by atoms with Crippen molar-refractivity contribution in [3.63, 3.8) is 0 Å². The van der Waals surface area contributed by atoms with Gasteiger partial charge in [-0.1, -0.05) is 37.3 Å². The molecule has 0 radical (unpaired) electrons. The van der Waals surface area contributed by atoms with Crippen LogP contribution in [-0.4, -0.2) is 22.6 Å². The van der Waals surface area contributed by atoms with Crippen molar-refractivity contribution in [2.75, 3.05) is 17.2 Å². The lowest BCUT2D eigenvalue weighted by Gasteiger charge is -2.08. The summed E-state index contributed by atoms with van der Waals surface area (Å²) in [6, 6.07) is 13.1. The van der Waals surface area contributed by atoms with Crippen LogP contribution < -0.4 is 10.6 Å². The van der Waals surface area contributed by atoms with E-state index in [1.54, 1.807) is 6.33 Å². The Labute approximate surface area is 119 Å². The van der Waals surface area contributed by atoms with Crippen LogP contribution in [0.2, 0.25) is 0 Å². The summed E-state index contributed by atoms with van der Waals surface area (Å²) in [5, 5.41) is 6.77. The third kappa shape index (κ3) is 3.07. The first kappa shape index (κ1) is 12.9. The molecule has 4 nitrogen and oxygen atoms in total. The van der Waals surface area contributed by atoms with Gasteiger partial charge in [0.2, 0.25) is 0 Å². The molecule has 4 heteroatoms. The van der Waals surface area contributed by atoms with Gasteiger partial charge in [0.1, 0.15) is 18.0 Å². The van der Waals surface area contributed by atoms with Gasteiger partial charge in [-0.05, 0) is 18.4 Å². The fraction of sp³-hybridized carbons (Fsp3) is 0.375. The average Bonchev–Trinajstić information content (AvgIpc) is 3.26. The molecule has 20 heavy (non-hydrogen) atoms. The van der Waals surface area contributed by atoms with E-state index >= 15 is 0 Å². The molecule has 1 fully saturated rings. The Morgan fingerprint density at radius 3 is 2.75 bits per heavy atom. The van der Waals surface area contributed by atoms with Gasteiger partial charge in [0.15, 0.2) is 0 Å². The summed E-state index contributed by atoms with van der Waals surface area (Å²) in [4.78, 5) is 8.51. The summed E-state index contributed by atoms with van der Waals surface area (Å²) in [5.74, 6) is 2.40. The second kappa shape index (κ2) is 5.90. The van der Waals surface area contributed by atoms with Gasteiger partial charge in [-0.15, -0.1) is 0 Å². The van der Waals surface area contributed by atoms with Gasteiger partial charge in [0.25, 0.3) is 0 Å². The van der Waals surface area contributed by atoms with Crippen LogP contribution in [-0.2, 0) is 0 Å². The van der Waals surface area contributed by atoms with Gasteiger partial charge < -0.3 is 10.6 Å². The maximum Gasteiger partial charge on any atom is 0.131 e. The van der Waals surface area contributed by atoms with Crippen LogP contribution in [0.25, 0.3) is 0 Å². The molecule has 2 atom stereocenters. The Morgan fingerprint density at radius 1 is 1.15 bits per heavy atom. The first-order chi connectivity index (χ1) is 9.86. The second-order valence-electron chi connectivity index (χ2n) is 5.22. The molecule has 0 aliphatic heterocycles. The maximum atomic E-state index is 4.29. The summed E-state index contributed by atoms with van der Waals surface area (Å²) in [5.41, 5.74) is 1.41. The van der Waals surface area contributed by atoms with E-state index in [1.165, 1.54) is 12.0 Å². The normalized spacial score (nSPS) is 20.4. The number of aromatic nitrogens is 2. The summed E-state index contributed by atoms with van der Waals surface area (Å²) >= 11 is 0. The number of benzene rings is 1. The third-order valence-electron chi connectivity index (χ3n) is 3.57.